The Morgan fingerprint density at radius 1 is 1.29 bits per heavy atom. The predicted molar refractivity (Wildman–Crippen MR) is 96.0 cm³/mol. The number of non-ortho nitro benzene ring substituents is 1. The van der Waals surface area contributed by atoms with Crippen molar-refractivity contribution in [3.63, 3.8) is 0 Å². The van der Waals surface area contributed by atoms with Crippen LogP contribution in [0, 0.1) is 10.1 Å². The van der Waals surface area contributed by atoms with E-state index in [9.17, 15) is 28.1 Å². The molecule has 1 aliphatic rings. The standard InChI is InChI=1S/C18H14ClF3N2O4/c19-7-6-14-10-28-16-5-4-13(24(26)27)9-15(16)23(14)17(25)11-2-1-3-12(8-11)18(20,21)22/h1-5,8-9,14H,6-7,10H2. The zero-order valence-corrected chi connectivity index (χ0v) is 15.0. The predicted octanol–water partition coefficient (Wildman–Crippen LogP) is 4.65. The minimum atomic E-state index is -4.60. The molecule has 0 bridgehead atoms. The highest BCUT2D eigenvalue weighted by atomic mass is 35.5. The number of carbonyl (C=O) groups excluding carboxylic acids is 1. The number of benzene rings is 2. The van der Waals surface area contributed by atoms with Crippen LogP contribution in [0.5, 0.6) is 5.75 Å². The van der Waals surface area contributed by atoms with Gasteiger partial charge in [-0.2, -0.15) is 13.2 Å². The van der Waals surface area contributed by atoms with Crippen molar-refractivity contribution in [1.82, 2.24) is 0 Å². The lowest BCUT2D eigenvalue weighted by Gasteiger charge is -2.36. The molecule has 148 valence electrons. The molecule has 0 fully saturated rings. The highest BCUT2D eigenvalue weighted by Gasteiger charge is 2.36. The first-order valence-electron chi connectivity index (χ1n) is 8.20. The van der Waals surface area contributed by atoms with E-state index in [2.05, 4.69) is 0 Å². The van der Waals surface area contributed by atoms with Crippen molar-refractivity contribution in [2.45, 2.75) is 18.6 Å². The van der Waals surface area contributed by atoms with Crippen molar-refractivity contribution < 1.29 is 27.6 Å². The second-order valence-corrected chi connectivity index (χ2v) is 6.48. The van der Waals surface area contributed by atoms with E-state index < -0.39 is 28.6 Å². The van der Waals surface area contributed by atoms with Gasteiger partial charge in [-0.25, -0.2) is 0 Å². The van der Waals surface area contributed by atoms with Crippen LogP contribution in [0.3, 0.4) is 0 Å². The summed E-state index contributed by atoms with van der Waals surface area (Å²) in [6, 6.07) is 7.21. The SMILES string of the molecule is O=C(c1cccc(C(F)(F)F)c1)N1c2cc([N+](=O)[O-])ccc2OCC1CCCl. The number of carbonyl (C=O) groups is 1. The van der Waals surface area contributed by atoms with Gasteiger partial charge < -0.3 is 4.74 Å². The number of halogens is 4. The zero-order chi connectivity index (χ0) is 20.5. The van der Waals surface area contributed by atoms with E-state index in [1.807, 2.05) is 0 Å². The third-order valence-corrected chi connectivity index (χ3v) is 4.53. The lowest BCUT2D eigenvalue weighted by Crippen LogP contribution is -2.47. The smallest absolute Gasteiger partial charge is 0.416 e. The second kappa shape index (κ2) is 7.67. The van der Waals surface area contributed by atoms with Crippen molar-refractivity contribution in [1.29, 1.82) is 0 Å². The molecule has 2 aromatic rings. The Morgan fingerprint density at radius 2 is 2.04 bits per heavy atom. The van der Waals surface area contributed by atoms with Gasteiger partial charge in [0.1, 0.15) is 12.4 Å². The second-order valence-electron chi connectivity index (χ2n) is 6.11. The fraction of sp³-hybridized carbons (Fsp3) is 0.278. The molecule has 1 atom stereocenters. The number of nitrogens with zero attached hydrogens (tertiary/aromatic N) is 2. The van der Waals surface area contributed by atoms with Gasteiger partial charge in [-0.1, -0.05) is 6.07 Å². The van der Waals surface area contributed by atoms with Crippen LogP contribution >= 0.6 is 11.6 Å². The Morgan fingerprint density at radius 3 is 2.68 bits per heavy atom. The first-order valence-corrected chi connectivity index (χ1v) is 8.74. The number of hydrogen-bond donors (Lipinski definition) is 0. The number of nitro benzene ring substituents is 1. The summed E-state index contributed by atoms with van der Waals surface area (Å²) in [6.07, 6.45) is -4.30. The first-order chi connectivity index (χ1) is 13.2. The Kier molecular flexibility index (Phi) is 5.46. The van der Waals surface area contributed by atoms with Crippen LogP contribution in [0.15, 0.2) is 42.5 Å². The Bertz CT molecular complexity index is 920. The molecule has 0 N–H and O–H groups in total. The molecule has 10 heteroatoms. The average molecular weight is 415 g/mol. The summed E-state index contributed by atoms with van der Waals surface area (Å²) < 4.78 is 44.6. The maximum absolute atomic E-state index is 13.1. The summed E-state index contributed by atoms with van der Waals surface area (Å²) in [6.45, 7) is 0.0717. The molecule has 28 heavy (non-hydrogen) atoms. The molecule has 6 nitrogen and oxygen atoms in total. The Hall–Kier alpha value is -2.81. The number of fused-ring (bicyclic) bond motifs is 1. The van der Waals surface area contributed by atoms with Crippen LogP contribution in [-0.2, 0) is 6.18 Å². The quantitative estimate of drug-likeness (QED) is 0.414. The van der Waals surface area contributed by atoms with Crippen molar-refractivity contribution >= 4 is 28.9 Å². The van der Waals surface area contributed by atoms with Crippen molar-refractivity contribution in [3.8, 4) is 5.75 Å². The molecule has 1 amide bonds. The molecule has 0 saturated carbocycles. The van der Waals surface area contributed by atoms with E-state index >= 15 is 0 Å². The van der Waals surface area contributed by atoms with Gasteiger partial charge in [0, 0.05) is 23.6 Å². The molecule has 0 saturated heterocycles. The number of rotatable bonds is 4. The van der Waals surface area contributed by atoms with E-state index in [1.165, 1.54) is 29.2 Å². The monoisotopic (exact) mass is 414 g/mol. The summed E-state index contributed by atoms with van der Waals surface area (Å²) in [7, 11) is 0. The van der Waals surface area contributed by atoms with Crippen molar-refractivity contribution in [2.75, 3.05) is 17.4 Å². The van der Waals surface area contributed by atoms with Gasteiger partial charge in [-0.3, -0.25) is 19.8 Å². The molecule has 2 aromatic carbocycles. The number of anilines is 1. The minimum absolute atomic E-state index is 0.0717. The molecule has 0 aliphatic carbocycles. The molecular weight excluding hydrogens is 401 g/mol. The summed E-state index contributed by atoms with van der Waals surface area (Å²) in [5.41, 5.74) is -1.29. The summed E-state index contributed by atoms with van der Waals surface area (Å²) in [4.78, 5) is 24.8. The molecule has 1 unspecified atom stereocenters. The molecule has 1 heterocycles. The first kappa shape index (κ1) is 19.9. The maximum atomic E-state index is 13.1. The van der Waals surface area contributed by atoms with Crippen LogP contribution in [-0.4, -0.2) is 29.4 Å². The van der Waals surface area contributed by atoms with Gasteiger partial charge in [-0.15, -0.1) is 11.6 Å². The summed E-state index contributed by atoms with van der Waals surface area (Å²) >= 11 is 5.79. The van der Waals surface area contributed by atoms with Crippen LogP contribution < -0.4 is 9.64 Å². The lowest BCUT2D eigenvalue weighted by atomic mass is 10.0. The molecular formula is C18H14ClF3N2O4. The fourth-order valence-electron chi connectivity index (χ4n) is 2.97. The van der Waals surface area contributed by atoms with Crippen LogP contribution in [0.2, 0.25) is 0 Å². The third kappa shape index (κ3) is 3.89. The minimum Gasteiger partial charge on any atom is -0.489 e. The van der Waals surface area contributed by atoms with Crippen LogP contribution in [0.1, 0.15) is 22.3 Å². The Balaban J connectivity index is 2.08. The van der Waals surface area contributed by atoms with Gasteiger partial charge >= 0.3 is 6.18 Å². The van der Waals surface area contributed by atoms with Gasteiger partial charge in [0.05, 0.1) is 22.2 Å². The lowest BCUT2D eigenvalue weighted by molar-refractivity contribution is -0.384. The van der Waals surface area contributed by atoms with Gasteiger partial charge in [-0.05, 0) is 30.7 Å². The number of ether oxygens (including phenoxy) is 1. The van der Waals surface area contributed by atoms with Crippen molar-refractivity contribution in [2.24, 2.45) is 0 Å². The number of alkyl halides is 4. The van der Waals surface area contributed by atoms with E-state index in [0.29, 0.717) is 6.42 Å². The molecule has 0 spiro atoms. The highest BCUT2D eigenvalue weighted by Crippen LogP contribution is 2.39. The average Bonchev–Trinajstić information content (AvgIpc) is 2.66. The molecule has 0 radical (unpaired) electrons. The topological polar surface area (TPSA) is 72.7 Å². The molecule has 0 aromatic heterocycles. The van der Waals surface area contributed by atoms with Gasteiger partial charge in [0.15, 0.2) is 0 Å². The normalized spacial score (nSPS) is 16.3. The van der Waals surface area contributed by atoms with E-state index in [4.69, 9.17) is 16.3 Å². The van der Waals surface area contributed by atoms with Crippen LogP contribution in [0.4, 0.5) is 24.5 Å². The fourth-order valence-corrected chi connectivity index (χ4v) is 3.22. The zero-order valence-electron chi connectivity index (χ0n) is 14.3. The largest absolute Gasteiger partial charge is 0.489 e. The highest BCUT2D eigenvalue weighted by molar-refractivity contribution is 6.18. The van der Waals surface area contributed by atoms with Crippen LogP contribution in [0.25, 0.3) is 0 Å². The number of nitro groups is 1. The maximum Gasteiger partial charge on any atom is 0.416 e. The van der Waals surface area contributed by atoms with Gasteiger partial charge in [0.25, 0.3) is 11.6 Å². The van der Waals surface area contributed by atoms with E-state index in [-0.39, 0.29) is 35.2 Å². The molecule has 1 aliphatic heterocycles. The van der Waals surface area contributed by atoms with E-state index in [1.54, 1.807) is 0 Å². The van der Waals surface area contributed by atoms with Crippen molar-refractivity contribution in [3.05, 3.63) is 63.7 Å². The van der Waals surface area contributed by atoms with E-state index in [0.717, 1.165) is 18.2 Å². The summed E-state index contributed by atoms with van der Waals surface area (Å²) in [5.74, 6) is -0.312. The Labute approximate surface area is 162 Å². The number of hydrogen-bond acceptors (Lipinski definition) is 4. The third-order valence-electron chi connectivity index (χ3n) is 4.31. The molecule has 3 rings (SSSR count). The van der Waals surface area contributed by atoms with Gasteiger partial charge in [0.2, 0.25) is 0 Å². The number of amides is 1. The summed E-state index contributed by atoms with van der Waals surface area (Å²) in [5, 5.41) is 11.1.